The molecule has 0 aromatic carbocycles. The first-order valence-corrected chi connectivity index (χ1v) is 8.15. The summed E-state index contributed by atoms with van der Waals surface area (Å²) in [6, 6.07) is 0. The number of nitrogens with zero attached hydrogens (tertiary/aromatic N) is 2. The zero-order valence-electron chi connectivity index (χ0n) is 12.8. The normalized spacial score (nSPS) is 20.4. The zero-order chi connectivity index (χ0) is 14.6. The van der Waals surface area contributed by atoms with E-state index in [0.29, 0.717) is 6.61 Å². The smallest absolute Gasteiger partial charge is 0.160 e. The van der Waals surface area contributed by atoms with Crippen molar-refractivity contribution in [2.45, 2.75) is 70.3 Å². The van der Waals surface area contributed by atoms with E-state index >= 15 is 0 Å². The van der Waals surface area contributed by atoms with Gasteiger partial charge < -0.3 is 4.74 Å². The van der Waals surface area contributed by atoms with Gasteiger partial charge in [0.05, 0.1) is 5.38 Å². The van der Waals surface area contributed by atoms with Crippen LogP contribution in [-0.4, -0.2) is 16.6 Å². The summed E-state index contributed by atoms with van der Waals surface area (Å²) in [5, 5.41) is -0.0544. The Morgan fingerprint density at radius 3 is 2.45 bits per heavy atom. The second-order valence-electron chi connectivity index (χ2n) is 5.69. The van der Waals surface area contributed by atoms with E-state index in [9.17, 15) is 0 Å². The molecular weight excluding hydrogens is 272 g/mol. The first kappa shape index (κ1) is 15.7. The van der Waals surface area contributed by atoms with Crippen molar-refractivity contribution in [2.75, 3.05) is 6.61 Å². The molecule has 1 heterocycles. The second kappa shape index (κ2) is 6.86. The van der Waals surface area contributed by atoms with Crippen LogP contribution in [0.15, 0.2) is 6.20 Å². The summed E-state index contributed by atoms with van der Waals surface area (Å²) < 4.78 is 6.13. The van der Waals surface area contributed by atoms with E-state index in [1.165, 1.54) is 25.7 Å². The van der Waals surface area contributed by atoms with Crippen molar-refractivity contribution in [3.63, 3.8) is 0 Å². The predicted molar refractivity (Wildman–Crippen MR) is 82.0 cm³/mol. The maximum atomic E-state index is 6.16. The van der Waals surface area contributed by atoms with Crippen LogP contribution in [0.1, 0.15) is 74.8 Å². The Balaban J connectivity index is 2.35. The number of rotatable bonds is 4. The van der Waals surface area contributed by atoms with Gasteiger partial charge in [-0.05, 0) is 33.6 Å². The molecule has 1 atom stereocenters. The third kappa shape index (κ3) is 3.32. The minimum atomic E-state index is -0.288. The minimum absolute atomic E-state index is 0.0544. The molecule has 0 bridgehead atoms. The molecule has 2 rings (SSSR count). The standard InChI is InChI=1S/C16H25ClN2O/c1-4-20-16(9-7-5-6-8-10-16)15-18-11-14(12(2)17)13(3)19-15/h11-12H,4-10H2,1-3H3. The van der Waals surface area contributed by atoms with Gasteiger partial charge in [0.1, 0.15) is 5.60 Å². The fourth-order valence-electron chi connectivity index (χ4n) is 3.09. The number of halogens is 1. The highest BCUT2D eigenvalue weighted by Gasteiger charge is 2.36. The first-order chi connectivity index (χ1) is 9.59. The molecule has 20 heavy (non-hydrogen) atoms. The van der Waals surface area contributed by atoms with Crippen molar-refractivity contribution in [1.29, 1.82) is 0 Å². The molecule has 1 aromatic rings. The molecule has 112 valence electrons. The molecule has 1 fully saturated rings. The molecule has 1 saturated carbocycles. The lowest BCUT2D eigenvalue weighted by atomic mass is 9.92. The zero-order valence-corrected chi connectivity index (χ0v) is 13.5. The summed E-state index contributed by atoms with van der Waals surface area (Å²) in [7, 11) is 0. The maximum Gasteiger partial charge on any atom is 0.160 e. The maximum absolute atomic E-state index is 6.16. The molecule has 0 spiro atoms. The molecule has 0 N–H and O–H groups in total. The quantitative estimate of drug-likeness (QED) is 0.598. The van der Waals surface area contributed by atoms with Gasteiger partial charge in [-0.2, -0.15) is 0 Å². The number of aryl methyl sites for hydroxylation is 1. The predicted octanol–water partition coefficient (Wildman–Crippen LogP) is 4.67. The molecule has 0 amide bonds. The van der Waals surface area contributed by atoms with Crippen LogP contribution in [-0.2, 0) is 10.3 Å². The Hall–Kier alpha value is -0.670. The highest BCUT2D eigenvalue weighted by atomic mass is 35.5. The van der Waals surface area contributed by atoms with Gasteiger partial charge in [0.2, 0.25) is 0 Å². The van der Waals surface area contributed by atoms with E-state index in [4.69, 9.17) is 21.3 Å². The van der Waals surface area contributed by atoms with Gasteiger partial charge in [-0.15, -0.1) is 11.6 Å². The fraction of sp³-hybridized carbons (Fsp3) is 0.750. The third-order valence-electron chi connectivity index (χ3n) is 4.19. The van der Waals surface area contributed by atoms with Crippen LogP contribution < -0.4 is 0 Å². The van der Waals surface area contributed by atoms with E-state index in [1.807, 2.05) is 20.0 Å². The van der Waals surface area contributed by atoms with Gasteiger partial charge in [0.25, 0.3) is 0 Å². The van der Waals surface area contributed by atoms with Crippen LogP contribution >= 0.6 is 11.6 Å². The molecule has 1 unspecified atom stereocenters. The molecule has 1 aromatic heterocycles. The van der Waals surface area contributed by atoms with E-state index in [-0.39, 0.29) is 11.0 Å². The van der Waals surface area contributed by atoms with Crippen LogP contribution in [0.4, 0.5) is 0 Å². The summed E-state index contributed by atoms with van der Waals surface area (Å²) >= 11 is 6.16. The van der Waals surface area contributed by atoms with Crippen molar-refractivity contribution in [1.82, 2.24) is 9.97 Å². The number of alkyl halides is 1. The summed E-state index contributed by atoms with van der Waals surface area (Å²) in [6.45, 7) is 6.72. The topological polar surface area (TPSA) is 35.0 Å². The molecule has 0 radical (unpaired) electrons. The Bertz CT molecular complexity index is 440. The van der Waals surface area contributed by atoms with E-state index in [2.05, 4.69) is 11.9 Å². The van der Waals surface area contributed by atoms with Gasteiger partial charge in [0.15, 0.2) is 5.82 Å². The summed E-state index contributed by atoms with van der Waals surface area (Å²) in [4.78, 5) is 9.33. The average molecular weight is 297 g/mol. The fourth-order valence-corrected chi connectivity index (χ4v) is 3.31. The molecule has 4 heteroatoms. The van der Waals surface area contributed by atoms with Gasteiger partial charge in [0, 0.05) is 24.1 Å². The molecule has 0 aliphatic heterocycles. The lowest BCUT2D eigenvalue weighted by molar-refractivity contribution is -0.0625. The molecule has 1 aliphatic rings. The van der Waals surface area contributed by atoms with Gasteiger partial charge in [-0.3, -0.25) is 0 Å². The molecule has 0 saturated heterocycles. The number of hydrogen-bond donors (Lipinski definition) is 0. The van der Waals surface area contributed by atoms with Crippen LogP contribution in [0.2, 0.25) is 0 Å². The van der Waals surface area contributed by atoms with Crippen molar-refractivity contribution in [3.8, 4) is 0 Å². The highest BCUT2D eigenvalue weighted by molar-refractivity contribution is 6.20. The molecule has 3 nitrogen and oxygen atoms in total. The van der Waals surface area contributed by atoms with Crippen LogP contribution in [0, 0.1) is 6.92 Å². The van der Waals surface area contributed by atoms with Crippen molar-refractivity contribution >= 4 is 11.6 Å². The Kier molecular flexibility index (Phi) is 5.39. The minimum Gasteiger partial charge on any atom is -0.367 e. The van der Waals surface area contributed by atoms with Gasteiger partial charge in [-0.1, -0.05) is 25.7 Å². The Morgan fingerprint density at radius 2 is 1.95 bits per heavy atom. The van der Waals surface area contributed by atoms with E-state index in [0.717, 1.165) is 29.9 Å². The molecule has 1 aliphatic carbocycles. The van der Waals surface area contributed by atoms with Gasteiger partial charge in [-0.25, -0.2) is 9.97 Å². The van der Waals surface area contributed by atoms with Crippen LogP contribution in [0.5, 0.6) is 0 Å². The second-order valence-corrected chi connectivity index (χ2v) is 6.35. The number of hydrogen-bond acceptors (Lipinski definition) is 3. The summed E-state index contributed by atoms with van der Waals surface area (Å²) in [5.41, 5.74) is 1.70. The monoisotopic (exact) mass is 296 g/mol. The first-order valence-electron chi connectivity index (χ1n) is 7.71. The van der Waals surface area contributed by atoms with Crippen LogP contribution in [0.25, 0.3) is 0 Å². The lowest BCUT2D eigenvalue weighted by Gasteiger charge is -2.31. The Labute approximate surface area is 127 Å². The highest BCUT2D eigenvalue weighted by Crippen LogP contribution is 2.38. The third-order valence-corrected chi connectivity index (χ3v) is 4.42. The van der Waals surface area contributed by atoms with Crippen LogP contribution in [0.3, 0.4) is 0 Å². The summed E-state index contributed by atoms with van der Waals surface area (Å²) in [5.74, 6) is 0.847. The van der Waals surface area contributed by atoms with E-state index < -0.39 is 0 Å². The lowest BCUT2D eigenvalue weighted by Crippen LogP contribution is -2.32. The number of aromatic nitrogens is 2. The van der Waals surface area contributed by atoms with Crippen molar-refractivity contribution in [2.24, 2.45) is 0 Å². The largest absolute Gasteiger partial charge is 0.367 e. The van der Waals surface area contributed by atoms with E-state index in [1.54, 1.807) is 0 Å². The molecular formula is C16H25ClN2O. The number of ether oxygens (including phenoxy) is 1. The van der Waals surface area contributed by atoms with Gasteiger partial charge >= 0.3 is 0 Å². The average Bonchev–Trinajstić information content (AvgIpc) is 2.65. The van der Waals surface area contributed by atoms with Crippen molar-refractivity contribution < 1.29 is 4.74 Å². The van der Waals surface area contributed by atoms with Crippen molar-refractivity contribution in [3.05, 3.63) is 23.3 Å². The SMILES string of the molecule is CCOC1(c2ncc(C(C)Cl)c(C)n2)CCCCCC1. The summed E-state index contributed by atoms with van der Waals surface area (Å²) in [6.07, 6.45) is 8.87. The Morgan fingerprint density at radius 1 is 1.30 bits per heavy atom.